The summed E-state index contributed by atoms with van der Waals surface area (Å²) in [6, 6.07) is 4.19. The Morgan fingerprint density at radius 2 is 1.72 bits per heavy atom. The molecular weight excluding hydrogens is 229 g/mol. The Bertz CT molecular complexity index is 373. The topological polar surface area (TPSA) is 21.3 Å². The van der Waals surface area contributed by atoms with E-state index < -0.39 is 6.67 Å². The number of hydrogen-bond donors (Lipinski definition) is 1. The summed E-state index contributed by atoms with van der Waals surface area (Å²) in [7, 11) is 0. The van der Waals surface area contributed by atoms with Gasteiger partial charge in [0.05, 0.1) is 0 Å². The SMILES string of the molecule is Cc1cc(CNC(C)(C)C)cc(C)c1OCCF. The molecule has 102 valence electrons. The van der Waals surface area contributed by atoms with Crippen LogP contribution in [0, 0.1) is 13.8 Å². The normalized spacial score (nSPS) is 11.7. The van der Waals surface area contributed by atoms with Crippen LogP contribution in [-0.2, 0) is 6.54 Å². The highest BCUT2D eigenvalue weighted by Crippen LogP contribution is 2.25. The van der Waals surface area contributed by atoms with E-state index in [1.165, 1.54) is 5.56 Å². The standard InChI is InChI=1S/C15H24FNO/c1-11-8-13(10-17-15(3,4)5)9-12(2)14(11)18-7-6-16/h8-9,17H,6-7,10H2,1-5H3. The lowest BCUT2D eigenvalue weighted by Crippen LogP contribution is -2.35. The summed E-state index contributed by atoms with van der Waals surface area (Å²) < 4.78 is 17.6. The van der Waals surface area contributed by atoms with Crippen molar-refractivity contribution in [1.82, 2.24) is 5.32 Å². The number of hydrogen-bond acceptors (Lipinski definition) is 2. The molecule has 18 heavy (non-hydrogen) atoms. The number of rotatable bonds is 5. The average molecular weight is 253 g/mol. The molecule has 0 radical (unpaired) electrons. The molecule has 0 aliphatic heterocycles. The van der Waals surface area contributed by atoms with Crippen LogP contribution in [0.1, 0.15) is 37.5 Å². The molecule has 0 saturated carbocycles. The number of halogens is 1. The molecule has 0 amide bonds. The van der Waals surface area contributed by atoms with Gasteiger partial charge in [0.25, 0.3) is 0 Å². The van der Waals surface area contributed by atoms with E-state index in [9.17, 15) is 4.39 Å². The van der Waals surface area contributed by atoms with Gasteiger partial charge in [-0.25, -0.2) is 4.39 Å². The highest BCUT2D eigenvalue weighted by molar-refractivity contribution is 5.43. The summed E-state index contributed by atoms with van der Waals surface area (Å²) >= 11 is 0. The fourth-order valence-electron chi connectivity index (χ4n) is 1.88. The van der Waals surface area contributed by atoms with Crippen molar-refractivity contribution < 1.29 is 9.13 Å². The second kappa shape index (κ2) is 6.19. The van der Waals surface area contributed by atoms with E-state index in [1.807, 2.05) is 13.8 Å². The minimum Gasteiger partial charge on any atom is -0.490 e. The summed E-state index contributed by atoms with van der Waals surface area (Å²) in [5, 5.41) is 3.45. The zero-order chi connectivity index (χ0) is 13.8. The Morgan fingerprint density at radius 3 is 2.17 bits per heavy atom. The third-order valence-corrected chi connectivity index (χ3v) is 2.67. The number of ether oxygens (including phenoxy) is 1. The van der Waals surface area contributed by atoms with Gasteiger partial charge in [0.1, 0.15) is 19.0 Å². The Hall–Kier alpha value is -1.09. The molecule has 0 heterocycles. The highest BCUT2D eigenvalue weighted by atomic mass is 19.1. The van der Waals surface area contributed by atoms with Crippen molar-refractivity contribution >= 4 is 0 Å². The minimum absolute atomic E-state index is 0.102. The van der Waals surface area contributed by atoms with E-state index in [0.717, 1.165) is 23.4 Å². The van der Waals surface area contributed by atoms with Gasteiger partial charge in [0.2, 0.25) is 0 Å². The van der Waals surface area contributed by atoms with Crippen molar-refractivity contribution in [3.05, 3.63) is 28.8 Å². The van der Waals surface area contributed by atoms with Gasteiger partial charge in [0.15, 0.2) is 0 Å². The van der Waals surface area contributed by atoms with Crippen LogP contribution < -0.4 is 10.1 Å². The summed E-state index contributed by atoms with van der Waals surface area (Å²) in [6.45, 7) is 10.9. The molecule has 2 nitrogen and oxygen atoms in total. The second-order valence-corrected chi connectivity index (χ2v) is 5.70. The van der Waals surface area contributed by atoms with Crippen LogP contribution in [0.25, 0.3) is 0 Å². The van der Waals surface area contributed by atoms with Gasteiger partial charge in [-0.3, -0.25) is 0 Å². The van der Waals surface area contributed by atoms with Crippen LogP contribution in [-0.4, -0.2) is 18.8 Å². The number of alkyl halides is 1. The van der Waals surface area contributed by atoms with Crippen LogP contribution >= 0.6 is 0 Å². The van der Waals surface area contributed by atoms with E-state index in [0.29, 0.717) is 0 Å². The Morgan fingerprint density at radius 1 is 1.17 bits per heavy atom. The lowest BCUT2D eigenvalue weighted by Gasteiger charge is -2.21. The largest absolute Gasteiger partial charge is 0.490 e. The van der Waals surface area contributed by atoms with Gasteiger partial charge in [-0.05, 0) is 51.3 Å². The molecule has 0 aliphatic carbocycles. The molecule has 1 N–H and O–H groups in total. The summed E-state index contributed by atoms with van der Waals surface area (Å²) in [4.78, 5) is 0. The molecule has 0 fully saturated rings. The lowest BCUT2D eigenvalue weighted by atomic mass is 10.0. The van der Waals surface area contributed by atoms with Crippen LogP contribution in [0.2, 0.25) is 0 Å². The fraction of sp³-hybridized carbons (Fsp3) is 0.600. The van der Waals surface area contributed by atoms with Crippen LogP contribution in [0.3, 0.4) is 0 Å². The Balaban J connectivity index is 2.79. The summed E-state index contributed by atoms with van der Waals surface area (Å²) in [6.07, 6.45) is 0. The van der Waals surface area contributed by atoms with Gasteiger partial charge >= 0.3 is 0 Å². The molecule has 1 aromatic carbocycles. The Labute approximate surface area is 110 Å². The molecule has 0 spiro atoms. The first-order valence-electron chi connectivity index (χ1n) is 6.37. The van der Waals surface area contributed by atoms with Crippen molar-refractivity contribution in [2.75, 3.05) is 13.3 Å². The third kappa shape index (κ3) is 4.65. The van der Waals surface area contributed by atoms with Crippen molar-refractivity contribution in [1.29, 1.82) is 0 Å². The summed E-state index contributed by atoms with van der Waals surface area (Å²) in [5.41, 5.74) is 3.46. The quantitative estimate of drug-likeness (QED) is 0.866. The van der Waals surface area contributed by atoms with E-state index in [1.54, 1.807) is 0 Å². The van der Waals surface area contributed by atoms with Crippen molar-refractivity contribution in [3.63, 3.8) is 0 Å². The van der Waals surface area contributed by atoms with Crippen molar-refractivity contribution in [3.8, 4) is 5.75 Å². The molecule has 3 heteroatoms. The van der Waals surface area contributed by atoms with Crippen molar-refractivity contribution in [2.45, 2.75) is 46.7 Å². The number of benzene rings is 1. The highest BCUT2D eigenvalue weighted by Gasteiger charge is 2.10. The maximum Gasteiger partial charge on any atom is 0.125 e. The first-order valence-corrected chi connectivity index (χ1v) is 6.37. The van der Waals surface area contributed by atoms with Crippen LogP contribution in [0.4, 0.5) is 4.39 Å². The van der Waals surface area contributed by atoms with E-state index in [2.05, 4.69) is 38.2 Å². The monoisotopic (exact) mass is 253 g/mol. The predicted molar refractivity (Wildman–Crippen MR) is 74.0 cm³/mol. The second-order valence-electron chi connectivity index (χ2n) is 5.70. The molecular formula is C15H24FNO. The minimum atomic E-state index is -0.452. The zero-order valence-electron chi connectivity index (χ0n) is 12.1. The molecule has 0 bridgehead atoms. The molecule has 0 aliphatic rings. The van der Waals surface area contributed by atoms with Crippen molar-refractivity contribution in [2.24, 2.45) is 0 Å². The predicted octanol–water partition coefficient (Wildman–Crippen LogP) is 3.54. The first kappa shape index (κ1) is 15.0. The van der Waals surface area contributed by atoms with Crippen LogP contribution in [0.15, 0.2) is 12.1 Å². The first-order chi connectivity index (χ1) is 8.33. The fourth-order valence-corrected chi connectivity index (χ4v) is 1.88. The maximum atomic E-state index is 12.1. The zero-order valence-corrected chi connectivity index (χ0v) is 12.1. The van der Waals surface area contributed by atoms with Gasteiger partial charge in [-0.2, -0.15) is 0 Å². The summed E-state index contributed by atoms with van der Waals surface area (Å²) in [5.74, 6) is 0.812. The molecule has 0 unspecified atom stereocenters. The van der Waals surface area contributed by atoms with E-state index in [4.69, 9.17) is 4.74 Å². The lowest BCUT2D eigenvalue weighted by molar-refractivity contribution is 0.270. The smallest absolute Gasteiger partial charge is 0.125 e. The third-order valence-electron chi connectivity index (χ3n) is 2.67. The number of aryl methyl sites for hydroxylation is 2. The Kier molecular flexibility index (Phi) is 5.15. The van der Waals surface area contributed by atoms with E-state index >= 15 is 0 Å². The average Bonchev–Trinajstić information content (AvgIpc) is 2.24. The van der Waals surface area contributed by atoms with Crippen LogP contribution in [0.5, 0.6) is 5.75 Å². The van der Waals surface area contributed by atoms with Gasteiger partial charge in [-0.1, -0.05) is 12.1 Å². The molecule has 0 aromatic heterocycles. The molecule has 0 saturated heterocycles. The van der Waals surface area contributed by atoms with Gasteiger partial charge in [-0.15, -0.1) is 0 Å². The molecule has 0 atom stereocenters. The van der Waals surface area contributed by atoms with E-state index in [-0.39, 0.29) is 12.1 Å². The maximum absolute atomic E-state index is 12.1. The van der Waals surface area contributed by atoms with Gasteiger partial charge < -0.3 is 10.1 Å². The number of nitrogens with one attached hydrogen (secondary N) is 1. The van der Waals surface area contributed by atoms with Gasteiger partial charge in [0, 0.05) is 12.1 Å². The molecule has 1 rings (SSSR count). The molecule has 1 aromatic rings.